The molecule has 108 valence electrons. The summed E-state index contributed by atoms with van der Waals surface area (Å²) in [6.07, 6.45) is 2.76. The second-order valence-electron chi connectivity index (χ2n) is 4.45. The highest BCUT2D eigenvalue weighted by molar-refractivity contribution is 6.30. The Labute approximate surface area is 122 Å². The van der Waals surface area contributed by atoms with Crippen LogP contribution in [0, 0.1) is 12.7 Å². The fraction of sp³-hybridized carbons (Fsp3) is 0.357. The molecule has 1 N–H and O–H groups in total. The lowest BCUT2D eigenvalue weighted by atomic mass is 10.3. The summed E-state index contributed by atoms with van der Waals surface area (Å²) >= 11 is 5.82. The highest BCUT2D eigenvalue weighted by atomic mass is 35.5. The number of ether oxygens (including phenoxy) is 1. The van der Waals surface area contributed by atoms with Gasteiger partial charge < -0.3 is 10.1 Å². The topological polar surface area (TPSA) is 39.1 Å². The molecule has 0 aliphatic carbocycles. The molecule has 0 radical (unpaired) electrons. The minimum atomic E-state index is -0.429. The molecule has 0 saturated carbocycles. The first-order chi connectivity index (χ1) is 9.61. The van der Waals surface area contributed by atoms with Crippen LogP contribution in [0.3, 0.4) is 0 Å². The van der Waals surface area contributed by atoms with E-state index in [1.165, 1.54) is 6.07 Å². The number of hydrogen-bond acceptors (Lipinski definition) is 3. The molecule has 1 aromatic heterocycles. The van der Waals surface area contributed by atoms with Crippen molar-refractivity contribution >= 4 is 17.5 Å². The summed E-state index contributed by atoms with van der Waals surface area (Å²) in [6, 6.07) is 4.60. The van der Waals surface area contributed by atoms with E-state index in [9.17, 15) is 4.39 Å². The van der Waals surface area contributed by atoms with Gasteiger partial charge in [0.05, 0.1) is 16.4 Å². The van der Waals surface area contributed by atoms with Crippen LogP contribution >= 0.6 is 11.6 Å². The third-order valence-electron chi connectivity index (χ3n) is 2.82. The lowest BCUT2D eigenvalue weighted by Crippen LogP contribution is -2.09. The molecule has 0 aliphatic heterocycles. The van der Waals surface area contributed by atoms with Crippen molar-refractivity contribution in [1.82, 2.24) is 9.55 Å². The van der Waals surface area contributed by atoms with Gasteiger partial charge >= 0.3 is 0 Å². The molecule has 0 saturated heterocycles. The van der Waals surface area contributed by atoms with Gasteiger partial charge in [0.25, 0.3) is 0 Å². The minimum absolute atomic E-state index is 0.0965. The predicted octanol–water partition coefficient (Wildman–Crippen LogP) is 3.42. The lowest BCUT2D eigenvalue weighted by Gasteiger charge is -2.10. The second kappa shape index (κ2) is 6.72. The minimum Gasteiger partial charge on any atom is -0.385 e. The molecule has 0 aliphatic rings. The zero-order chi connectivity index (χ0) is 14.5. The number of nitrogens with one attached hydrogen (secondary N) is 1. The van der Waals surface area contributed by atoms with E-state index in [2.05, 4.69) is 10.3 Å². The summed E-state index contributed by atoms with van der Waals surface area (Å²) in [6.45, 7) is 3.34. The fourth-order valence-corrected chi connectivity index (χ4v) is 2.05. The number of benzene rings is 1. The van der Waals surface area contributed by atoms with E-state index in [4.69, 9.17) is 16.3 Å². The number of aryl methyl sites for hydroxylation is 1. The predicted molar refractivity (Wildman–Crippen MR) is 78.3 cm³/mol. The molecule has 0 atom stereocenters. The lowest BCUT2D eigenvalue weighted by molar-refractivity contribution is 0.197. The number of hydrogen-bond donors (Lipinski definition) is 1. The summed E-state index contributed by atoms with van der Waals surface area (Å²) in [5, 5.41) is 3.33. The van der Waals surface area contributed by atoms with Gasteiger partial charge in [-0.3, -0.25) is 4.57 Å². The average molecular weight is 298 g/mol. The van der Waals surface area contributed by atoms with Crippen LogP contribution in [0.1, 0.15) is 12.1 Å². The first-order valence-electron chi connectivity index (χ1n) is 6.36. The van der Waals surface area contributed by atoms with Gasteiger partial charge in [0, 0.05) is 26.5 Å². The number of nitrogens with zero attached hydrogens (tertiary/aromatic N) is 2. The number of imidazole rings is 1. The van der Waals surface area contributed by atoms with E-state index in [0.29, 0.717) is 12.6 Å². The van der Waals surface area contributed by atoms with E-state index in [1.807, 2.05) is 17.7 Å². The average Bonchev–Trinajstić information content (AvgIpc) is 2.79. The van der Waals surface area contributed by atoms with Crippen molar-refractivity contribution in [3.05, 3.63) is 40.9 Å². The molecule has 1 aromatic carbocycles. The van der Waals surface area contributed by atoms with Crippen molar-refractivity contribution in [3.8, 4) is 5.69 Å². The molecule has 2 rings (SSSR count). The van der Waals surface area contributed by atoms with Crippen LogP contribution in [-0.2, 0) is 4.74 Å². The van der Waals surface area contributed by atoms with Crippen LogP contribution in [0.25, 0.3) is 5.69 Å². The molecule has 6 heteroatoms. The number of anilines is 1. The molecule has 0 spiro atoms. The summed E-state index contributed by atoms with van der Waals surface area (Å²) in [7, 11) is 1.67. The van der Waals surface area contributed by atoms with Gasteiger partial charge in [-0.05, 0) is 31.5 Å². The molecular weight excluding hydrogens is 281 g/mol. The van der Waals surface area contributed by atoms with Gasteiger partial charge in [-0.2, -0.15) is 0 Å². The van der Waals surface area contributed by atoms with Crippen molar-refractivity contribution in [2.75, 3.05) is 25.6 Å². The quantitative estimate of drug-likeness (QED) is 0.830. The van der Waals surface area contributed by atoms with Gasteiger partial charge in [0.1, 0.15) is 5.82 Å². The van der Waals surface area contributed by atoms with E-state index in [-0.39, 0.29) is 5.02 Å². The zero-order valence-electron chi connectivity index (χ0n) is 11.5. The largest absolute Gasteiger partial charge is 0.385 e. The monoisotopic (exact) mass is 297 g/mol. The number of aromatic nitrogens is 2. The maximum absolute atomic E-state index is 13.2. The summed E-state index contributed by atoms with van der Waals surface area (Å²) in [4.78, 5) is 4.41. The van der Waals surface area contributed by atoms with E-state index in [1.54, 1.807) is 19.2 Å². The van der Waals surface area contributed by atoms with E-state index < -0.39 is 5.82 Å². The Hall–Kier alpha value is -1.59. The van der Waals surface area contributed by atoms with Gasteiger partial charge in [0.2, 0.25) is 5.95 Å². The van der Waals surface area contributed by atoms with Crippen LogP contribution in [0.5, 0.6) is 0 Å². The highest BCUT2D eigenvalue weighted by Crippen LogP contribution is 2.22. The van der Waals surface area contributed by atoms with Crippen molar-refractivity contribution in [2.24, 2.45) is 0 Å². The first kappa shape index (κ1) is 14.8. The zero-order valence-corrected chi connectivity index (χ0v) is 12.2. The molecular formula is C14H17ClFN3O. The van der Waals surface area contributed by atoms with Crippen LogP contribution < -0.4 is 5.32 Å². The molecule has 0 unspecified atom stereocenters. The van der Waals surface area contributed by atoms with Gasteiger partial charge in [0.15, 0.2) is 0 Å². The Morgan fingerprint density at radius 2 is 2.25 bits per heavy atom. The second-order valence-corrected chi connectivity index (χ2v) is 4.85. The Bertz CT molecular complexity index is 586. The number of rotatable bonds is 6. The molecule has 2 aromatic rings. The molecule has 0 bridgehead atoms. The Balaban J connectivity index is 2.20. The Kier molecular flexibility index (Phi) is 4.98. The maximum atomic E-state index is 13.2. The SMILES string of the molecule is COCCCNc1nc(C)cn1-c1ccc(F)c(Cl)c1. The van der Waals surface area contributed by atoms with Gasteiger partial charge in [-0.1, -0.05) is 11.6 Å². The fourth-order valence-electron chi connectivity index (χ4n) is 1.87. The maximum Gasteiger partial charge on any atom is 0.207 e. The number of halogens is 2. The summed E-state index contributed by atoms with van der Waals surface area (Å²) in [5.41, 5.74) is 1.64. The molecule has 20 heavy (non-hydrogen) atoms. The number of methoxy groups -OCH3 is 1. The molecule has 1 heterocycles. The van der Waals surface area contributed by atoms with Crippen molar-refractivity contribution in [2.45, 2.75) is 13.3 Å². The third kappa shape index (κ3) is 3.49. The van der Waals surface area contributed by atoms with Crippen molar-refractivity contribution in [3.63, 3.8) is 0 Å². The van der Waals surface area contributed by atoms with Crippen LogP contribution in [-0.4, -0.2) is 29.8 Å². The first-order valence-corrected chi connectivity index (χ1v) is 6.74. The van der Waals surface area contributed by atoms with E-state index >= 15 is 0 Å². The van der Waals surface area contributed by atoms with Crippen LogP contribution in [0.4, 0.5) is 10.3 Å². The summed E-state index contributed by atoms with van der Waals surface area (Å²) in [5.74, 6) is 0.281. The van der Waals surface area contributed by atoms with Crippen molar-refractivity contribution < 1.29 is 9.13 Å². The highest BCUT2D eigenvalue weighted by Gasteiger charge is 2.09. The third-order valence-corrected chi connectivity index (χ3v) is 3.11. The molecule has 4 nitrogen and oxygen atoms in total. The van der Waals surface area contributed by atoms with Crippen LogP contribution in [0.2, 0.25) is 5.02 Å². The molecule has 0 amide bonds. The standard InChI is InChI=1S/C14H17ClFN3O/c1-10-9-19(11-4-5-13(16)12(15)8-11)14(18-10)17-6-3-7-20-2/h4-5,8-9H,3,6-7H2,1-2H3,(H,17,18). The molecule has 0 fully saturated rings. The van der Waals surface area contributed by atoms with Crippen molar-refractivity contribution in [1.29, 1.82) is 0 Å². The van der Waals surface area contributed by atoms with Crippen LogP contribution in [0.15, 0.2) is 24.4 Å². The van der Waals surface area contributed by atoms with Gasteiger partial charge in [-0.25, -0.2) is 9.37 Å². The van der Waals surface area contributed by atoms with Gasteiger partial charge in [-0.15, -0.1) is 0 Å². The smallest absolute Gasteiger partial charge is 0.207 e. The Morgan fingerprint density at radius 3 is 2.95 bits per heavy atom. The summed E-state index contributed by atoms with van der Waals surface area (Å²) < 4.78 is 20.1. The normalized spacial score (nSPS) is 10.8. The Morgan fingerprint density at radius 1 is 1.45 bits per heavy atom. The van der Waals surface area contributed by atoms with E-state index in [0.717, 1.165) is 24.3 Å².